The number of nitrogens with zero attached hydrogens (tertiary/aromatic N) is 1. The molecule has 0 atom stereocenters. The maximum atomic E-state index is 13.3. The van der Waals surface area contributed by atoms with Gasteiger partial charge in [-0.1, -0.05) is 40.9 Å². The van der Waals surface area contributed by atoms with Crippen molar-refractivity contribution in [1.29, 1.82) is 0 Å². The fraction of sp³-hybridized carbons (Fsp3) is 0.235. The molecule has 26 heavy (non-hydrogen) atoms. The molecule has 0 fully saturated rings. The summed E-state index contributed by atoms with van der Waals surface area (Å²) in [6, 6.07) is 7.82. The first-order valence-corrected chi connectivity index (χ1v) is 9.82. The molecular weight excluding hydrogens is 397 g/mol. The van der Waals surface area contributed by atoms with E-state index in [0.717, 1.165) is 9.87 Å². The van der Waals surface area contributed by atoms with Gasteiger partial charge in [-0.15, -0.1) is 0 Å². The lowest BCUT2D eigenvalue weighted by atomic mass is 10.1. The molecule has 2 aromatic rings. The van der Waals surface area contributed by atoms with Gasteiger partial charge in [0.2, 0.25) is 0 Å². The molecule has 1 amide bonds. The molecule has 0 radical (unpaired) electrons. The number of rotatable bonds is 5. The highest BCUT2D eigenvalue weighted by Crippen LogP contribution is 2.34. The standard InChI is InChI=1S/C17H19Cl2N3O3S/c1-10-6-11(2)17(12(3)7-10)22(9-16(23)21-20)26(24,25)15-8-13(18)4-5-14(15)19/h4-8H,9,20H2,1-3H3,(H,21,23). The van der Waals surface area contributed by atoms with Crippen molar-refractivity contribution in [2.24, 2.45) is 5.84 Å². The van der Waals surface area contributed by atoms with E-state index in [1.54, 1.807) is 13.8 Å². The minimum Gasteiger partial charge on any atom is -0.293 e. The van der Waals surface area contributed by atoms with Crippen molar-refractivity contribution in [2.45, 2.75) is 25.7 Å². The molecule has 6 nitrogen and oxygen atoms in total. The Morgan fingerprint density at radius 1 is 1.12 bits per heavy atom. The molecule has 0 aromatic heterocycles. The normalized spacial score (nSPS) is 11.3. The largest absolute Gasteiger partial charge is 0.293 e. The van der Waals surface area contributed by atoms with Crippen molar-refractivity contribution in [3.63, 3.8) is 0 Å². The summed E-state index contributed by atoms with van der Waals surface area (Å²) in [6.07, 6.45) is 0. The molecule has 0 heterocycles. The van der Waals surface area contributed by atoms with E-state index in [4.69, 9.17) is 29.0 Å². The molecule has 0 aliphatic carbocycles. The second-order valence-electron chi connectivity index (χ2n) is 5.90. The molecule has 0 bridgehead atoms. The molecule has 3 N–H and O–H groups in total. The fourth-order valence-electron chi connectivity index (χ4n) is 2.82. The summed E-state index contributed by atoms with van der Waals surface area (Å²) in [5.41, 5.74) is 4.74. The topological polar surface area (TPSA) is 92.5 Å². The monoisotopic (exact) mass is 415 g/mol. The average molecular weight is 416 g/mol. The van der Waals surface area contributed by atoms with Gasteiger partial charge in [-0.2, -0.15) is 0 Å². The highest BCUT2D eigenvalue weighted by Gasteiger charge is 2.31. The number of sulfonamides is 1. The van der Waals surface area contributed by atoms with E-state index in [1.165, 1.54) is 18.2 Å². The summed E-state index contributed by atoms with van der Waals surface area (Å²) in [5, 5.41) is 0.225. The Balaban J connectivity index is 2.73. The molecule has 0 unspecified atom stereocenters. The number of hydrazine groups is 1. The first kappa shape index (κ1) is 20.5. The molecular formula is C17H19Cl2N3O3S. The number of anilines is 1. The highest BCUT2D eigenvalue weighted by atomic mass is 35.5. The van der Waals surface area contributed by atoms with Crippen LogP contribution < -0.4 is 15.6 Å². The summed E-state index contributed by atoms with van der Waals surface area (Å²) in [5.74, 6) is 4.51. The number of nitrogens with two attached hydrogens (primary N) is 1. The van der Waals surface area contributed by atoms with Gasteiger partial charge >= 0.3 is 0 Å². The smallest absolute Gasteiger partial charge is 0.266 e. The predicted octanol–water partition coefficient (Wildman–Crippen LogP) is 3.10. The summed E-state index contributed by atoms with van der Waals surface area (Å²) in [4.78, 5) is 11.7. The Hall–Kier alpha value is -1.80. The Bertz CT molecular complexity index is 939. The Morgan fingerprint density at radius 2 is 1.69 bits per heavy atom. The predicted molar refractivity (Wildman–Crippen MR) is 104 cm³/mol. The number of carbonyl (C=O) groups excluding carboxylic acids is 1. The highest BCUT2D eigenvalue weighted by molar-refractivity contribution is 7.93. The van der Waals surface area contributed by atoms with Crippen molar-refractivity contribution >= 4 is 44.8 Å². The van der Waals surface area contributed by atoms with Crippen LogP contribution in [0.3, 0.4) is 0 Å². The van der Waals surface area contributed by atoms with Gasteiger partial charge in [0.25, 0.3) is 15.9 Å². The van der Waals surface area contributed by atoms with Crippen molar-refractivity contribution < 1.29 is 13.2 Å². The van der Waals surface area contributed by atoms with Gasteiger partial charge in [-0.05, 0) is 50.1 Å². The zero-order valence-corrected chi connectivity index (χ0v) is 16.8. The van der Waals surface area contributed by atoms with Crippen molar-refractivity contribution in [1.82, 2.24) is 5.43 Å². The SMILES string of the molecule is Cc1cc(C)c(N(CC(=O)NN)S(=O)(=O)c2cc(Cl)ccc2Cl)c(C)c1. The number of carbonyl (C=O) groups is 1. The summed E-state index contributed by atoms with van der Waals surface area (Å²) >= 11 is 12.0. The first-order valence-electron chi connectivity index (χ1n) is 7.63. The number of hydrogen-bond donors (Lipinski definition) is 2. The molecule has 0 aliphatic rings. The number of halogens is 2. The third-order valence-electron chi connectivity index (χ3n) is 3.79. The van der Waals surface area contributed by atoms with E-state index in [0.29, 0.717) is 16.8 Å². The molecule has 140 valence electrons. The Labute approximate surface area is 162 Å². The number of hydrogen-bond acceptors (Lipinski definition) is 4. The maximum absolute atomic E-state index is 13.3. The van der Waals surface area contributed by atoms with Crippen LogP contribution in [0.4, 0.5) is 5.69 Å². The van der Waals surface area contributed by atoms with Gasteiger partial charge in [0.15, 0.2) is 0 Å². The molecule has 2 rings (SSSR count). The molecule has 0 aliphatic heterocycles. The van der Waals surface area contributed by atoms with E-state index in [-0.39, 0.29) is 14.9 Å². The van der Waals surface area contributed by atoms with Gasteiger partial charge < -0.3 is 0 Å². The molecule has 0 spiro atoms. The summed E-state index contributed by atoms with van der Waals surface area (Å²) in [7, 11) is -4.17. The van der Waals surface area contributed by atoms with Crippen LogP contribution in [0.2, 0.25) is 10.0 Å². The molecule has 9 heteroatoms. The maximum Gasteiger partial charge on any atom is 0.266 e. The Morgan fingerprint density at radius 3 is 2.23 bits per heavy atom. The van der Waals surface area contributed by atoms with Gasteiger partial charge in [-0.25, -0.2) is 14.3 Å². The zero-order chi connectivity index (χ0) is 19.6. The van der Waals surface area contributed by atoms with Crippen molar-refractivity contribution in [3.05, 3.63) is 57.1 Å². The van der Waals surface area contributed by atoms with Gasteiger partial charge in [0.1, 0.15) is 11.4 Å². The van der Waals surface area contributed by atoms with Crippen LogP contribution in [-0.4, -0.2) is 20.9 Å². The third-order valence-corrected chi connectivity index (χ3v) is 6.26. The van der Waals surface area contributed by atoms with Gasteiger partial charge in [-0.3, -0.25) is 14.5 Å². The number of nitrogens with one attached hydrogen (secondary N) is 1. The minimum absolute atomic E-state index is 0.00924. The minimum atomic E-state index is -4.17. The van der Waals surface area contributed by atoms with Gasteiger partial charge in [0, 0.05) is 5.02 Å². The van der Waals surface area contributed by atoms with Crippen molar-refractivity contribution in [2.75, 3.05) is 10.8 Å². The lowest BCUT2D eigenvalue weighted by molar-refractivity contribution is -0.119. The molecule has 0 saturated carbocycles. The van der Waals surface area contributed by atoms with E-state index in [2.05, 4.69) is 0 Å². The van der Waals surface area contributed by atoms with Gasteiger partial charge in [0.05, 0.1) is 10.7 Å². The number of aryl methyl sites for hydroxylation is 3. The van der Waals surface area contributed by atoms with Crippen LogP contribution in [0.15, 0.2) is 35.2 Å². The summed E-state index contributed by atoms with van der Waals surface area (Å²) < 4.78 is 27.6. The van der Waals surface area contributed by atoms with Crippen molar-refractivity contribution in [3.8, 4) is 0 Å². The number of amides is 1. The van der Waals surface area contributed by atoms with Crippen LogP contribution in [-0.2, 0) is 14.8 Å². The first-order chi connectivity index (χ1) is 12.1. The fourth-order valence-corrected chi connectivity index (χ4v) is 5.11. The van der Waals surface area contributed by atoms with E-state index in [1.807, 2.05) is 24.5 Å². The quantitative estimate of drug-likeness (QED) is 0.445. The van der Waals surface area contributed by atoms with Crippen LogP contribution in [0, 0.1) is 20.8 Å². The lowest BCUT2D eigenvalue weighted by Crippen LogP contribution is -2.43. The second kappa shape index (κ2) is 7.84. The van der Waals surface area contributed by atoms with E-state index in [9.17, 15) is 13.2 Å². The van der Waals surface area contributed by atoms with E-state index >= 15 is 0 Å². The lowest BCUT2D eigenvalue weighted by Gasteiger charge is -2.27. The van der Waals surface area contributed by atoms with Crippen LogP contribution in [0.25, 0.3) is 0 Å². The average Bonchev–Trinajstić information content (AvgIpc) is 2.54. The summed E-state index contributed by atoms with van der Waals surface area (Å²) in [6.45, 7) is 4.96. The zero-order valence-electron chi connectivity index (χ0n) is 14.5. The Kier molecular flexibility index (Phi) is 6.18. The number of benzene rings is 2. The van der Waals surface area contributed by atoms with E-state index < -0.39 is 22.5 Å². The second-order valence-corrected chi connectivity index (χ2v) is 8.58. The molecule has 0 saturated heterocycles. The molecule has 2 aromatic carbocycles. The van der Waals surface area contributed by atoms with Crippen LogP contribution >= 0.6 is 23.2 Å². The van der Waals surface area contributed by atoms with Crippen LogP contribution in [0.5, 0.6) is 0 Å². The van der Waals surface area contributed by atoms with Crippen LogP contribution in [0.1, 0.15) is 16.7 Å². The third kappa shape index (κ3) is 4.12.